The Morgan fingerprint density at radius 1 is 0.384 bits per heavy atom. The van der Waals surface area contributed by atoms with E-state index in [1.807, 2.05) is 0 Å². The van der Waals surface area contributed by atoms with Crippen molar-refractivity contribution in [3.63, 3.8) is 0 Å². The molecule has 0 bridgehead atoms. The smallest absolute Gasteiger partial charge is 0.305 e. The Bertz CT molecular complexity index is 1140. The number of esters is 1. The van der Waals surface area contributed by atoms with E-state index in [2.05, 4.69) is 43.5 Å². The standard InChI is InChI=1S/C67H129NO5/c1-3-5-7-9-11-13-15-17-18-19-31-34-37-41-45-49-53-57-61-67(72)73-62-58-54-50-46-42-38-35-32-29-27-25-23-21-20-22-24-26-28-30-33-36-40-44-48-52-56-60-66(71)68-64(63-69)65(70)59-55-51-47-43-39-16-14-12-10-8-6-4-2/h13,15,18-19,64-65,69-70H,3-12,14,16-17,20-63H2,1-2H3,(H,68,71)/b15-13-,19-18-. The number of unbranched alkanes of at least 4 members (excludes halogenated alkanes) is 47. The van der Waals surface area contributed by atoms with Gasteiger partial charge in [-0.25, -0.2) is 0 Å². The first-order chi connectivity index (χ1) is 36.0. The van der Waals surface area contributed by atoms with Gasteiger partial charge in [0.2, 0.25) is 5.91 Å². The van der Waals surface area contributed by atoms with E-state index >= 15 is 0 Å². The summed E-state index contributed by atoms with van der Waals surface area (Å²) in [6.45, 7) is 4.95. The van der Waals surface area contributed by atoms with E-state index in [0.717, 1.165) is 51.4 Å². The molecule has 2 unspecified atom stereocenters. The van der Waals surface area contributed by atoms with Crippen molar-refractivity contribution in [3.8, 4) is 0 Å². The fourth-order valence-electron chi connectivity index (χ4n) is 10.4. The average molecular weight is 1030 g/mol. The van der Waals surface area contributed by atoms with E-state index in [-0.39, 0.29) is 18.5 Å². The third-order valence-electron chi connectivity index (χ3n) is 15.5. The van der Waals surface area contributed by atoms with Crippen molar-refractivity contribution in [1.82, 2.24) is 5.32 Å². The molecule has 0 radical (unpaired) electrons. The molecule has 0 aliphatic carbocycles. The lowest BCUT2D eigenvalue weighted by Gasteiger charge is -2.22. The number of ether oxygens (including phenoxy) is 1. The van der Waals surface area contributed by atoms with Crippen LogP contribution in [0.4, 0.5) is 0 Å². The molecule has 0 rings (SSSR count). The quantitative estimate of drug-likeness (QED) is 0.0320. The minimum atomic E-state index is -0.661. The highest BCUT2D eigenvalue weighted by atomic mass is 16.5. The fourth-order valence-corrected chi connectivity index (χ4v) is 10.4. The SMILES string of the molecule is CCCCCC/C=C\C/C=C\CCCCCCCCCC(=O)OCCCCCCCCCCCCCCCCCCCCCCCCCCCCC(=O)NC(CO)C(O)CCCCCCCCCCCCCC. The van der Waals surface area contributed by atoms with E-state index < -0.39 is 12.1 Å². The number of amides is 1. The van der Waals surface area contributed by atoms with E-state index in [4.69, 9.17) is 4.74 Å². The van der Waals surface area contributed by atoms with Crippen LogP contribution in [0.5, 0.6) is 0 Å². The molecule has 0 aliphatic heterocycles. The van der Waals surface area contributed by atoms with Gasteiger partial charge in [-0.05, 0) is 57.8 Å². The fraction of sp³-hybridized carbons (Fsp3) is 0.910. The van der Waals surface area contributed by atoms with Gasteiger partial charge in [-0.3, -0.25) is 9.59 Å². The number of hydrogen-bond acceptors (Lipinski definition) is 5. The Kier molecular flexibility index (Phi) is 61.4. The van der Waals surface area contributed by atoms with Crippen molar-refractivity contribution in [2.75, 3.05) is 13.2 Å². The molecule has 6 heteroatoms. The summed E-state index contributed by atoms with van der Waals surface area (Å²) in [6, 6.07) is -0.538. The first-order valence-electron chi connectivity index (χ1n) is 33.1. The van der Waals surface area contributed by atoms with Crippen LogP contribution in [0.2, 0.25) is 0 Å². The maximum atomic E-state index is 12.5. The summed E-state index contributed by atoms with van der Waals surface area (Å²) in [5.41, 5.74) is 0. The van der Waals surface area contributed by atoms with Crippen molar-refractivity contribution in [2.45, 2.75) is 379 Å². The van der Waals surface area contributed by atoms with Crippen LogP contribution in [-0.2, 0) is 14.3 Å². The molecule has 0 aliphatic rings. The first kappa shape index (κ1) is 71.3. The molecule has 73 heavy (non-hydrogen) atoms. The topological polar surface area (TPSA) is 95.9 Å². The van der Waals surface area contributed by atoms with Gasteiger partial charge < -0.3 is 20.3 Å². The highest BCUT2D eigenvalue weighted by Crippen LogP contribution is 2.18. The van der Waals surface area contributed by atoms with Crippen LogP contribution < -0.4 is 5.32 Å². The first-order valence-corrected chi connectivity index (χ1v) is 33.1. The second kappa shape index (κ2) is 62.9. The van der Waals surface area contributed by atoms with Gasteiger partial charge in [0.1, 0.15) is 0 Å². The van der Waals surface area contributed by atoms with Crippen molar-refractivity contribution >= 4 is 11.9 Å². The molecule has 6 nitrogen and oxygen atoms in total. The molecular weight excluding hydrogens is 899 g/mol. The Morgan fingerprint density at radius 2 is 0.685 bits per heavy atom. The lowest BCUT2D eigenvalue weighted by atomic mass is 10.0. The van der Waals surface area contributed by atoms with Crippen LogP contribution in [0.25, 0.3) is 0 Å². The maximum absolute atomic E-state index is 12.5. The number of rotatable bonds is 62. The number of allylic oxidation sites excluding steroid dienone is 4. The average Bonchev–Trinajstić information content (AvgIpc) is 3.39. The van der Waals surface area contributed by atoms with Crippen LogP contribution in [0, 0.1) is 0 Å². The second-order valence-corrected chi connectivity index (χ2v) is 22.8. The molecule has 0 heterocycles. The predicted octanol–water partition coefficient (Wildman–Crippen LogP) is 21.0. The number of nitrogens with one attached hydrogen (secondary N) is 1. The lowest BCUT2D eigenvalue weighted by molar-refractivity contribution is -0.143. The summed E-state index contributed by atoms with van der Waals surface area (Å²) in [5, 5.41) is 23.2. The number of hydrogen-bond donors (Lipinski definition) is 3. The maximum Gasteiger partial charge on any atom is 0.305 e. The minimum Gasteiger partial charge on any atom is -0.466 e. The monoisotopic (exact) mass is 1030 g/mol. The molecule has 0 aromatic rings. The highest BCUT2D eigenvalue weighted by Gasteiger charge is 2.20. The Balaban J connectivity index is 3.33. The van der Waals surface area contributed by atoms with Crippen molar-refractivity contribution in [3.05, 3.63) is 24.3 Å². The molecule has 2 atom stereocenters. The van der Waals surface area contributed by atoms with Crippen molar-refractivity contribution in [2.24, 2.45) is 0 Å². The lowest BCUT2D eigenvalue weighted by Crippen LogP contribution is -2.45. The molecule has 3 N–H and O–H groups in total. The summed E-state index contributed by atoms with van der Waals surface area (Å²) < 4.78 is 5.50. The van der Waals surface area contributed by atoms with Gasteiger partial charge in [-0.1, -0.05) is 321 Å². The van der Waals surface area contributed by atoms with Crippen LogP contribution >= 0.6 is 0 Å². The minimum absolute atomic E-state index is 0.0104. The van der Waals surface area contributed by atoms with Gasteiger partial charge in [0.15, 0.2) is 0 Å². The highest BCUT2D eigenvalue weighted by molar-refractivity contribution is 5.76. The second-order valence-electron chi connectivity index (χ2n) is 22.8. The normalized spacial score (nSPS) is 12.7. The molecular formula is C67H129NO5. The van der Waals surface area contributed by atoms with Crippen molar-refractivity contribution in [1.29, 1.82) is 0 Å². The van der Waals surface area contributed by atoms with E-state index in [1.165, 1.54) is 283 Å². The molecule has 0 aromatic heterocycles. The third-order valence-corrected chi connectivity index (χ3v) is 15.5. The van der Waals surface area contributed by atoms with Gasteiger partial charge in [0.05, 0.1) is 25.4 Å². The molecule has 0 spiro atoms. The van der Waals surface area contributed by atoms with Crippen LogP contribution in [0.15, 0.2) is 24.3 Å². The summed E-state index contributed by atoms with van der Waals surface area (Å²) in [6.07, 6.45) is 77.8. The van der Waals surface area contributed by atoms with E-state index in [9.17, 15) is 19.8 Å². The largest absolute Gasteiger partial charge is 0.466 e. The summed E-state index contributed by atoms with van der Waals surface area (Å²) in [7, 11) is 0. The summed E-state index contributed by atoms with van der Waals surface area (Å²) in [4.78, 5) is 24.6. The summed E-state index contributed by atoms with van der Waals surface area (Å²) >= 11 is 0. The van der Waals surface area contributed by atoms with Gasteiger partial charge in [-0.2, -0.15) is 0 Å². The van der Waals surface area contributed by atoms with Gasteiger partial charge >= 0.3 is 5.97 Å². The number of aliphatic hydroxyl groups is 2. The zero-order valence-electron chi connectivity index (χ0n) is 49.4. The number of aliphatic hydroxyl groups excluding tert-OH is 2. The van der Waals surface area contributed by atoms with Crippen molar-refractivity contribution < 1.29 is 24.5 Å². The Morgan fingerprint density at radius 3 is 1.05 bits per heavy atom. The summed E-state index contributed by atoms with van der Waals surface area (Å²) in [5.74, 6) is -0.0213. The molecule has 432 valence electrons. The third kappa shape index (κ3) is 59.4. The Labute approximate surface area is 456 Å². The van der Waals surface area contributed by atoms with Gasteiger partial charge in [0.25, 0.3) is 0 Å². The van der Waals surface area contributed by atoms with Crippen LogP contribution in [0.3, 0.4) is 0 Å². The van der Waals surface area contributed by atoms with Gasteiger partial charge in [-0.15, -0.1) is 0 Å². The van der Waals surface area contributed by atoms with Gasteiger partial charge in [0, 0.05) is 12.8 Å². The van der Waals surface area contributed by atoms with Crippen LogP contribution in [-0.4, -0.2) is 47.4 Å². The molecule has 0 saturated carbocycles. The molecule has 0 saturated heterocycles. The molecule has 1 amide bonds. The molecule has 0 fully saturated rings. The van der Waals surface area contributed by atoms with Crippen LogP contribution in [0.1, 0.15) is 367 Å². The predicted molar refractivity (Wildman–Crippen MR) is 320 cm³/mol. The zero-order valence-corrected chi connectivity index (χ0v) is 49.4. The Hall–Kier alpha value is -1.66. The number of carbonyl (C=O) groups excluding carboxylic acids is 2. The zero-order chi connectivity index (χ0) is 52.9. The number of carbonyl (C=O) groups is 2. The van der Waals surface area contributed by atoms with E-state index in [0.29, 0.717) is 25.9 Å². The van der Waals surface area contributed by atoms with E-state index in [1.54, 1.807) is 0 Å². The molecule has 0 aromatic carbocycles.